The van der Waals surface area contributed by atoms with Crippen molar-refractivity contribution in [1.82, 2.24) is 9.78 Å². The van der Waals surface area contributed by atoms with Crippen LogP contribution in [0, 0.1) is 0 Å². The highest BCUT2D eigenvalue weighted by Gasteiger charge is 2.36. The van der Waals surface area contributed by atoms with Crippen molar-refractivity contribution in [3.63, 3.8) is 0 Å². The average molecular weight is 262 g/mol. The van der Waals surface area contributed by atoms with Crippen molar-refractivity contribution in [2.24, 2.45) is 7.05 Å². The lowest BCUT2D eigenvalue weighted by atomic mass is 10.1. The number of carboxylic acid groups (broad SMARTS) is 1. The van der Waals surface area contributed by atoms with Crippen LogP contribution in [0.4, 0.5) is 13.2 Å². The molecule has 0 aliphatic rings. The Labute approximate surface area is 102 Å². The molecular weight excluding hydrogens is 249 g/mol. The molecule has 0 aliphatic heterocycles. The molecule has 0 saturated carbocycles. The Kier molecular flexibility index (Phi) is 4.15. The van der Waals surface area contributed by atoms with E-state index in [0.29, 0.717) is 5.57 Å². The zero-order valence-corrected chi connectivity index (χ0v) is 9.95. The summed E-state index contributed by atoms with van der Waals surface area (Å²) >= 11 is 0. The van der Waals surface area contributed by atoms with Gasteiger partial charge in [0.2, 0.25) is 0 Å². The predicted molar refractivity (Wildman–Crippen MR) is 58.7 cm³/mol. The highest BCUT2D eigenvalue weighted by Crippen LogP contribution is 2.31. The molecule has 0 aliphatic carbocycles. The number of aryl methyl sites for hydroxylation is 1. The van der Waals surface area contributed by atoms with E-state index < -0.39 is 17.8 Å². The van der Waals surface area contributed by atoms with Crippen molar-refractivity contribution in [2.45, 2.75) is 25.9 Å². The molecule has 0 bridgehead atoms. The first-order valence-corrected chi connectivity index (χ1v) is 5.20. The second kappa shape index (κ2) is 5.24. The van der Waals surface area contributed by atoms with Crippen molar-refractivity contribution in [3.8, 4) is 0 Å². The lowest BCUT2D eigenvalue weighted by Crippen LogP contribution is -2.08. The van der Waals surface area contributed by atoms with Crippen molar-refractivity contribution in [3.05, 3.63) is 23.0 Å². The maximum absolute atomic E-state index is 12.6. The summed E-state index contributed by atoms with van der Waals surface area (Å²) in [6, 6.07) is 0. The van der Waals surface area contributed by atoms with Gasteiger partial charge in [0, 0.05) is 25.2 Å². The smallest absolute Gasteiger partial charge is 0.435 e. The molecule has 0 saturated heterocycles. The number of hydrogen-bond acceptors (Lipinski definition) is 2. The van der Waals surface area contributed by atoms with Crippen LogP contribution in [0.25, 0.3) is 6.08 Å². The molecule has 7 heteroatoms. The van der Waals surface area contributed by atoms with Gasteiger partial charge in [-0.2, -0.15) is 18.3 Å². The summed E-state index contributed by atoms with van der Waals surface area (Å²) in [5.74, 6) is -0.981. The Hall–Kier alpha value is -1.79. The molecule has 1 heterocycles. The van der Waals surface area contributed by atoms with Gasteiger partial charge >= 0.3 is 12.1 Å². The van der Waals surface area contributed by atoms with Crippen LogP contribution in [0.5, 0.6) is 0 Å². The second-order valence-electron chi connectivity index (χ2n) is 3.99. The van der Waals surface area contributed by atoms with Crippen molar-refractivity contribution in [2.75, 3.05) is 0 Å². The number of carbonyl (C=O) groups is 1. The summed E-state index contributed by atoms with van der Waals surface area (Å²) in [6.07, 6.45) is -1.84. The number of halogens is 3. The maximum atomic E-state index is 12.6. The lowest BCUT2D eigenvalue weighted by molar-refractivity contribution is -0.141. The molecule has 0 radical (unpaired) electrons. The Balaban J connectivity index is 2.96. The van der Waals surface area contributed by atoms with Gasteiger partial charge < -0.3 is 5.11 Å². The van der Waals surface area contributed by atoms with E-state index in [-0.39, 0.29) is 18.4 Å². The van der Waals surface area contributed by atoms with Gasteiger partial charge in [-0.15, -0.1) is 0 Å². The van der Waals surface area contributed by atoms with Gasteiger partial charge in [-0.1, -0.05) is 11.6 Å². The van der Waals surface area contributed by atoms with Gasteiger partial charge in [-0.3, -0.25) is 9.48 Å². The second-order valence-corrected chi connectivity index (χ2v) is 3.99. The number of allylic oxidation sites excluding steroid dienone is 1. The summed E-state index contributed by atoms with van der Waals surface area (Å²) in [7, 11) is 1.40. The van der Waals surface area contributed by atoms with E-state index in [9.17, 15) is 18.0 Å². The molecule has 1 N–H and O–H groups in total. The van der Waals surface area contributed by atoms with Crippen LogP contribution in [0.3, 0.4) is 0 Å². The monoisotopic (exact) mass is 262 g/mol. The van der Waals surface area contributed by atoms with Crippen LogP contribution in [0.1, 0.15) is 31.0 Å². The van der Waals surface area contributed by atoms with Gasteiger partial charge in [0.1, 0.15) is 0 Å². The molecule has 0 spiro atoms. The van der Waals surface area contributed by atoms with E-state index in [1.165, 1.54) is 19.3 Å². The molecular formula is C11H13F3N2O2. The van der Waals surface area contributed by atoms with Gasteiger partial charge in [-0.25, -0.2) is 0 Å². The third-order valence-corrected chi connectivity index (χ3v) is 2.26. The van der Waals surface area contributed by atoms with E-state index >= 15 is 0 Å². The number of aliphatic carboxylic acids is 1. The average Bonchev–Trinajstić information content (AvgIpc) is 2.56. The van der Waals surface area contributed by atoms with E-state index in [4.69, 9.17) is 5.11 Å². The van der Waals surface area contributed by atoms with E-state index in [2.05, 4.69) is 5.10 Å². The third-order valence-electron chi connectivity index (χ3n) is 2.26. The number of alkyl halides is 3. The summed E-state index contributed by atoms with van der Waals surface area (Å²) in [5, 5.41) is 11.9. The van der Waals surface area contributed by atoms with Crippen molar-refractivity contribution < 1.29 is 23.1 Å². The Morgan fingerprint density at radius 3 is 2.61 bits per heavy atom. The molecule has 0 atom stereocenters. The molecule has 100 valence electrons. The molecule has 4 nitrogen and oxygen atoms in total. The molecule has 0 aromatic carbocycles. The fraction of sp³-hybridized carbons (Fsp3) is 0.455. The van der Waals surface area contributed by atoms with Crippen LogP contribution < -0.4 is 0 Å². The van der Waals surface area contributed by atoms with Crippen LogP contribution >= 0.6 is 0 Å². The Bertz CT molecular complexity index is 475. The first kappa shape index (κ1) is 14.3. The Morgan fingerprint density at radius 2 is 2.11 bits per heavy atom. The van der Waals surface area contributed by atoms with E-state index in [1.807, 2.05) is 0 Å². The summed E-state index contributed by atoms with van der Waals surface area (Å²) < 4.78 is 39.0. The van der Waals surface area contributed by atoms with Crippen LogP contribution in [-0.4, -0.2) is 20.9 Å². The quantitative estimate of drug-likeness (QED) is 0.907. The third kappa shape index (κ3) is 3.90. The molecule has 1 aromatic rings. The lowest BCUT2D eigenvalue weighted by Gasteiger charge is -2.04. The predicted octanol–water partition coefficient (Wildman–Crippen LogP) is 2.71. The van der Waals surface area contributed by atoms with Gasteiger partial charge in [0.25, 0.3) is 0 Å². The molecule has 1 rings (SSSR count). The summed E-state index contributed by atoms with van der Waals surface area (Å²) in [4.78, 5) is 10.4. The number of hydrogen-bond donors (Lipinski definition) is 1. The standard InChI is InChI=1S/C11H13F3N2O2/c1-7(3-4-9(17)18)5-8-6-16(2)15-10(8)11(12,13)14/h5-6H,3-4H2,1-2H3,(H,17,18)/b7-5+. The highest BCUT2D eigenvalue weighted by molar-refractivity contribution is 5.67. The minimum atomic E-state index is -4.51. The summed E-state index contributed by atoms with van der Waals surface area (Å²) in [6.45, 7) is 1.59. The Morgan fingerprint density at radius 1 is 1.50 bits per heavy atom. The topological polar surface area (TPSA) is 55.1 Å². The van der Waals surface area contributed by atoms with Crippen molar-refractivity contribution in [1.29, 1.82) is 0 Å². The SMILES string of the molecule is C/C(=C\c1cn(C)nc1C(F)(F)F)CCC(=O)O. The van der Waals surface area contributed by atoms with Gasteiger partial charge in [0.05, 0.1) is 0 Å². The van der Waals surface area contributed by atoms with Crippen LogP contribution in [0.2, 0.25) is 0 Å². The number of rotatable bonds is 4. The number of aromatic nitrogens is 2. The van der Waals surface area contributed by atoms with Gasteiger partial charge in [-0.05, 0) is 13.3 Å². The minimum Gasteiger partial charge on any atom is -0.481 e. The number of carboxylic acids is 1. The highest BCUT2D eigenvalue weighted by atomic mass is 19.4. The van der Waals surface area contributed by atoms with Gasteiger partial charge in [0.15, 0.2) is 5.69 Å². The fourth-order valence-corrected chi connectivity index (χ4v) is 1.47. The van der Waals surface area contributed by atoms with E-state index in [0.717, 1.165) is 4.68 Å². The fourth-order valence-electron chi connectivity index (χ4n) is 1.47. The largest absolute Gasteiger partial charge is 0.481 e. The minimum absolute atomic E-state index is 0.0483. The first-order chi connectivity index (χ1) is 8.20. The molecule has 0 fully saturated rings. The normalized spacial score (nSPS) is 12.8. The van der Waals surface area contributed by atoms with Crippen molar-refractivity contribution >= 4 is 12.0 Å². The maximum Gasteiger partial charge on any atom is 0.435 e. The molecule has 1 aromatic heterocycles. The molecule has 18 heavy (non-hydrogen) atoms. The van der Waals surface area contributed by atoms with Crippen LogP contribution in [0.15, 0.2) is 11.8 Å². The zero-order chi connectivity index (χ0) is 13.9. The first-order valence-electron chi connectivity index (χ1n) is 5.20. The summed E-state index contributed by atoms with van der Waals surface area (Å²) in [5.41, 5.74) is -0.441. The molecule has 0 unspecified atom stereocenters. The molecule has 0 amide bonds. The van der Waals surface area contributed by atoms with E-state index in [1.54, 1.807) is 6.92 Å². The van der Waals surface area contributed by atoms with Crippen LogP contribution in [-0.2, 0) is 18.0 Å². The number of nitrogens with zero attached hydrogens (tertiary/aromatic N) is 2. The zero-order valence-electron chi connectivity index (χ0n) is 9.95.